The van der Waals surface area contributed by atoms with Crippen LogP contribution in [0.5, 0.6) is 0 Å². The third-order valence-electron chi connectivity index (χ3n) is 3.88. The molecule has 5 nitrogen and oxygen atoms in total. The third kappa shape index (κ3) is 5.14. The maximum absolute atomic E-state index is 13.0. The van der Waals surface area contributed by atoms with Gasteiger partial charge in [-0.25, -0.2) is 4.99 Å². The molecule has 1 amide bonds. The Hall–Kier alpha value is -2.72. The summed E-state index contributed by atoms with van der Waals surface area (Å²) in [7, 11) is 0. The monoisotopic (exact) mass is 394 g/mol. The van der Waals surface area contributed by atoms with Crippen LogP contribution in [0.3, 0.4) is 0 Å². The van der Waals surface area contributed by atoms with Crippen molar-refractivity contribution in [1.29, 1.82) is 0 Å². The highest BCUT2D eigenvalue weighted by molar-refractivity contribution is 5.99. The number of alkyl halides is 6. The van der Waals surface area contributed by atoms with Crippen LogP contribution < -0.4 is 11.5 Å². The summed E-state index contributed by atoms with van der Waals surface area (Å²) in [4.78, 5) is 17.1. The van der Waals surface area contributed by atoms with E-state index in [0.717, 1.165) is 29.3 Å². The van der Waals surface area contributed by atoms with Gasteiger partial charge in [0.1, 0.15) is 0 Å². The Bertz CT molecular complexity index is 765. The van der Waals surface area contributed by atoms with Crippen molar-refractivity contribution in [3.8, 4) is 0 Å². The van der Waals surface area contributed by atoms with E-state index in [1.165, 1.54) is 6.08 Å². The Morgan fingerprint density at radius 3 is 2.41 bits per heavy atom. The highest BCUT2D eigenvalue weighted by atomic mass is 19.4. The third-order valence-corrected chi connectivity index (χ3v) is 3.88. The Morgan fingerprint density at radius 2 is 1.85 bits per heavy atom. The Labute approximate surface area is 150 Å². The van der Waals surface area contributed by atoms with E-state index in [-0.39, 0.29) is 30.1 Å². The van der Waals surface area contributed by atoms with E-state index in [1.54, 1.807) is 0 Å². The minimum Gasteiger partial charge on any atom is -0.370 e. The van der Waals surface area contributed by atoms with Gasteiger partial charge in [-0.05, 0) is 36.3 Å². The average Bonchev–Trinajstić information content (AvgIpc) is 2.78. The maximum atomic E-state index is 13.0. The summed E-state index contributed by atoms with van der Waals surface area (Å²) in [5.41, 5.74) is 9.39. The molecule has 0 saturated carbocycles. The lowest BCUT2D eigenvalue weighted by Crippen LogP contribution is -2.29. The molecule has 0 bridgehead atoms. The van der Waals surface area contributed by atoms with Crippen molar-refractivity contribution in [2.75, 3.05) is 6.54 Å². The number of fused-ring (bicyclic) bond motifs is 1. The first-order valence-corrected chi connectivity index (χ1v) is 7.74. The lowest BCUT2D eigenvalue weighted by molar-refractivity contribution is -0.138. The van der Waals surface area contributed by atoms with Crippen LogP contribution in [0, 0.1) is 0 Å². The van der Waals surface area contributed by atoms with Crippen molar-refractivity contribution >= 4 is 11.9 Å². The number of hydrogen-bond donors (Lipinski definition) is 2. The van der Waals surface area contributed by atoms with Gasteiger partial charge in [-0.15, -0.1) is 0 Å². The van der Waals surface area contributed by atoms with Crippen LogP contribution in [0.2, 0.25) is 0 Å². The van der Waals surface area contributed by atoms with Crippen molar-refractivity contribution in [3.05, 3.63) is 47.2 Å². The Kier molecular flexibility index (Phi) is 5.71. The minimum atomic E-state index is -4.63. The quantitative estimate of drug-likeness (QED) is 0.456. The second-order valence-corrected chi connectivity index (χ2v) is 5.86. The smallest absolute Gasteiger partial charge is 0.370 e. The first-order chi connectivity index (χ1) is 12.4. The number of hydrogen-bond acceptors (Lipinski definition) is 2. The number of aliphatic imine (C=N–C) groups is 1. The topological polar surface area (TPSA) is 84.7 Å². The van der Waals surface area contributed by atoms with Gasteiger partial charge in [0.15, 0.2) is 5.96 Å². The first kappa shape index (κ1) is 20.6. The van der Waals surface area contributed by atoms with Crippen molar-refractivity contribution in [1.82, 2.24) is 4.90 Å². The highest BCUT2D eigenvalue weighted by Gasteiger charge is 2.39. The van der Waals surface area contributed by atoms with Crippen molar-refractivity contribution < 1.29 is 31.1 Å². The summed E-state index contributed by atoms with van der Waals surface area (Å²) in [5.74, 6) is -0.969. The second kappa shape index (κ2) is 7.49. The predicted octanol–water partition coefficient (Wildman–Crippen LogP) is 3.33. The van der Waals surface area contributed by atoms with Gasteiger partial charge in [0.2, 0.25) is 0 Å². The standard InChI is InChI=1S/C16H16F6N4O/c17-15(18,19)5-1-7-26-12(4-6-25-14(23)24)11-8-9(16(20,21)22)2-3-10(11)13(26)27/h2-4,6,8,12H,1,5,7H2,(H4,23,24,25). The molecule has 1 aromatic carbocycles. The van der Waals surface area contributed by atoms with Gasteiger partial charge in [0.25, 0.3) is 5.91 Å². The summed E-state index contributed by atoms with van der Waals surface area (Å²) in [6.45, 7) is -0.287. The first-order valence-electron chi connectivity index (χ1n) is 7.74. The number of rotatable bonds is 5. The van der Waals surface area contributed by atoms with E-state index in [2.05, 4.69) is 4.99 Å². The van der Waals surface area contributed by atoms with Gasteiger partial charge in [-0.2, -0.15) is 26.3 Å². The minimum absolute atomic E-state index is 0.00522. The van der Waals surface area contributed by atoms with Crippen LogP contribution in [-0.2, 0) is 6.18 Å². The molecule has 11 heteroatoms. The van der Waals surface area contributed by atoms with Gasteiger partial charge in [0, 0.05) is 24.7 Å². The fourth-order valence-electron chi connectivity index (χ4n) is 2.74. The van der Waals surface area contributed by atoms with E-state index in [1.807, 2.05) is 0 Å². The van der Waals surface area contributed by atoms with Crippen LogP contribution in [0.1, 0.15) is 40.4 Å². The van der Waals surface area contributed by atoms with E-state index < -0.39 is 36.3 Å². The van der Waals surface area contributed by atoms with E-state index in [4.69, 9.17) is 11.5 Å². The van der Waals surface area contributed by atoms with Crippen LogP contribution in [0.4, 0.5) is 26.3 Å². The molecule has 1 atom stereocenters. The molecule has 1 unspecified atom stereocenters. The second-order valence-electron chi connectivity index (χ2n) is 5.86. The Balaban J connectivity index is 2.36. The molecule has 148 valence electrons. The summed E-state index contributed by atoms with van der Waals surface area (Å²) < 4.78 is 76.0. The van der Waals surface area contributed by atoms with E-state index in [9.17, 15) is 31.1 Å². The predicted molar refractivity (Wildman–Crippen MR) is 85.5 cm³/mol. The number of nitrogens with two attached hydrogens (primary N) is 2. The lowest BCUT2D eigenvalue weighted by Gasteiger charge is -2.23. The number of benzene rings is 1. The molecule has 0 radical (unpaired) electrons. The van der Waals surface area contributed by atoms with E-state index in [0.29, 0.717) is 0 Å². The summed E-state index contributed by atoms with van der Waals surface area (Å²) in [5, 5.41) is 0. The normalized spacial score (nSPS) is 17.5. The molecule has 1 aliphatic rings. The van der Waals surface area contributed by atoms with Gasteiger partial charge in [0.05, 0.1) is 11.6 Å². The number of halogens is 6. The highest BCUT2D eigenvalue weighted by Crippen LogP contribution is 2.39. The molecule has 0 fully saturated rings. The summed E-state index contributed by atoms with van der Waals surface area (Å²) in [6.07, 6.45) is -8.18. The van der Waals surface area contributed by atoms with Crippen LogP contribution >= 0.6 is 0 Å². The van der Waals surface area contributed by atoms with Gasteiger partial charge < -0.3 is 16.4 Å². The Morgan fingerprint density at radius 1 is 1.19 bits per heavy atom. The fourth-order valence-corrected chi connectivity index (χ4v) is 2.74. The van der Waals surface area contributed by atoms with E-state index >= 15 is 0 Å². The largest absolute Gasteiger partial charge is 0.416 e. The maximum Gasteiger partial charge on any atom is 0.416 e. The number of nitrogens with zero attached hydrogens (tertiary/aromatic N) is 2. The van der Waals surface area contributed by atoms with Crippen LogP contribution in [0.15, 0.2) is 35.5 Å². The molecule has 27 heavy (non-hydrogen) atoms. The van der Waals surface area contributed by atoms with Crippen molar-refractivity contribution in [3.63, 3.8) is 0 Å². The fraction of sp³-hybridized carbons (Fsp3) is 0.375. The zero-order valence-electron chi connectivity index (χ0n) is 13.8. The number of carbonyl (C=O) groups is 1. The van der Waals surface area contributed by atoms with Gasteiger partial charge in [-0.3, -0.25) is 4.79 Å². The molecule has 1 heterocycles. The number of carbonyl (C=O) groups excluding carboxylic acids is 1. The molecule has 0 aromatic heterocycles. The molecule has 0 aliphatic carbocycles. The van der Waals surface area contributed by atoms with Crippen LogP contribution in [0.25, 0.3) is 0 Å². The van der Waals surface area contributed by atoms with Gasteiger partial charge in [-0.1, -0.05) is 0 Å². The van der Waals surface area contributed by atoms with Gasteiger partial charge >= 0.3 is 12.4 Å². The molecular weight excluding hydrogens is 378 g/mol. The average molecular weight is 394 g/mol. The molecular formula is C16H16F6N4O. The molecule has 4 N–H and O–H groups in total. The molecule has 1 aliphatic heterocycles. The molecule has 0 spiro atoms. The lowest BCUT2D eigenvalue weighted by atomic mass is 10.0. The molecule has 2 rings (SSSR count). The van der Waals surface area contributed by atoms with Crippen LogP contribution in [-0.4, -0.2) is 29.5 Å². The van der Waals surface area contributed by atoms with Crippen molar-refractivity contribution in [2.24, 2.45) is 16.5 Å². The summed E-state index contributed by atoms with van der Waals surface area (Å²) in [6, 6.07) is 1.58. The SMILES string of the molecule is NC(N)=NC=CC1c2cc(C(F)(F)F)ccc2C(=O)N1CCCC(F)(F)F. The zero-order valence-corrected chi connectivity index (χ0v) is 13.8. The molecule has 0 saturated heterocycles. The molecule has 1 aromatic rings. The summed E-state index contributed by atoms with van der Waals surface area (Å²) >= 11 is 0. The van der Waals surface area contributed by atoms with Crippen molar-refractivity contribution in [2.45, 2.75) is 31.2 Å². The number of guanidine groups is 1. The zero-order chi connectivity index (χ0) is 20.4. The number of amides is 1.